The Balaban J connectivity index is 1.57. The third-order valence-electron chi connectivity index (χ3n) is 7.83. The minimum atomic E-state index is -0.538. The Hall–Kier alpha value is -3.60. The first-order chi connectivity index (χ1) is 19.0. The minimum Gasteiger partial charge on any atom is -0.490 e. The molecule has 2 unspecified atom stereocenters. The van der Waals surface area contributed by atoms with Crippen LogP contribution in [0.15, 0.2) is 84.9 Å². The standard InChI is InChI=1S/C35H36O4/c1-23-15-29(16-24(2)33(23)38-21-31-19-36-31)35(27-11-7-5-8-12-27,28-13-9-6-10-14-28)30-17-25(3)34(26(4)18-30)39-22-32-20-37-32/h5-18,31-32H,19-22H2,1-4H3. The smallest absolute Gasteiger partial charge is 0.125 e. The molecule has 39 heavy (non-hydrogen) atoms. The van der Waals surface area contributed by atoms with Gasteiger partial charge in [-0.3, -0.25) is 0 Å². The highest BCUT2D eigenvalue weighted by molar-refractivity contribution is 5.64. The molecule has 2 aliphatic heterocycles. The van der Waals surface area contributed by atoms with Crippen LogP contribution >= 0.6 is 0 Å². The van der Waals surface area contributed by atoms with Gasteiger partial charge in [-0.25, -0.2) is 0 Å². The van der Waals surface area contributed by atoms with E-state index in [1.54, 1.807) is 0 Å². The molecule has 4 heteroatoms. The monoisotopic (exact) mass is 520 g/mol. The van der Waals surface area contributed by atoms with Crippen molar-refractivity contribution in [2.24, 2.45) is 0 Å². The van der Waals surface area contributed by atoms with Gasteiger partial charge in [0.25, 0.3) is 0 Å². The fourth-order valence-electron chi connectivity index (χ4n) is 5.85. The van der Waals surface area contributed by atoms with E-state index in [0.29, 0.717) is 13.2 Å². The van der Waals surface area contributed by atoms with Crippen molar-refractivity contribution in [3.63, 3.8) is 0 Å². The van der Waals surface area contributed by atoms with Crippen LogP contribution in [0.1, 0.15) is 44.5 Å². The SMILES string of the molecule is Cc1cc(C(c2ccccc2)(c2ccccc2)c2cc(C)c(OCC3CO3)c(C)c2)cc(C)c1OCC1CO1. The molecule has 4 aromatic rings. The lowest BCUT2D eigenvalue weighted by Gasteiger charge is -2.38. The quantitative estimate of drug-likeness (QED) is 0.169. The van der Waals surface area contributed by atoms with E-state index in [0.717, 1.165) is 47.0 Å². The fraction of sp³-hybridized carbons (Fsp3) is 0.314. The predicted molar refractivity (Wildman–Crippen MR) is 154 cm³/mol. The zero-order valence-corrected chi connectivity index (χ0v) is 23.2. The summed E-state index contributed by atoms with van der Waals surface area (Å²) >= 11 is 0. The second-order valence-electron chi connectivity index (χ2n) is 10.9. The van der Waals surface area contributed by atoms with E-state index >= 15 is 0 Å². The number of rotatable bonds is 10. The summed E-state index contributed by atoms with van der Waals surface area (Å²) in [7, 11) is 0. The zero-order valence-electron chi connectivity index (χ0n) is 23.2. The Kier molecular flexibility index (Phi) is 6.92. The lowest BCUT2D eigenvalue weighted by Crippen LogP contribution is -2.31. The molecule has 0 aromatic heterocycles. The molecular weight excluding hydrogens is 484 g/mol. The van der Waals surface area contributed by atoms with Gasteiger partial charge in [-0.2, -0.15) is 0 Å². The molecule has 0 aliphatic carbocycles. The normalized spacial score (nSPS) is 18.1. The molecule has 2 saturated heterocycles. The van der Waals surface area contributed by atoms with E-state index in [9.17, 15) is 0 Å². The highest BCUT2D eigenvalue weighted by Crippen LogP contribution is 2.48. The van der Waals surface area contributed by atoms with Gasteiger partial charge in [-0.1, -0.05) is 84.9 Å². The third-order valence-corrected chi connectivity index (χ3v) is 7.83. The summed E-state index contributed by atoms with van der Waals surface area (Å²) in [4.78, 5) is 0. The molecular formula is C35H36O4. The summed E-state index contributed by atoms with van der Waals surface area (Å²) in [6.07, 6.45) is 0.434. The molecule has 0 saturated carbocycles. The maximum atomic E-state index is 6.23. The van der Waals surface area contributed by atoms with E-state index in [-0.39, 0.29) is 12.2 Å². The van der Waals surface area contributed by atoms with Crippen LogP contribution in [0.4, 0.5) is 0 Å². The van der Waals surface area contributed by atoms with E-state index in [1.807, 2.05) is 0 Å². The Morgan fingerprint density at radius 2 is 0.897 bits per heavy atom. The van der Waals surface area contributed by atoms with Gasteiger partial charge in [-0.15, -0.1) is 0 Å². The minimum absolute atomic E-state index is 0.217. The third kappa shape index (κ3) is 5.07. The maximum Gasteiger partial charge on any atom is 0.125 e. The molecule has 200 valence electrons. The van der Waals surface area contributed by atoms with Crippen molar-refractivity contribution < 1.29 is 18.9 Å². The average Bonchev–Trinajstić information content (AvgIpc) is 3.86. The van der Waals surface area contributed by atoms with Gasteiger partial charge in [0.1, 0.15) is 36.9 Å². The van der Waals surface area contributed by atoms with Crippen molar-refractivity contribution in [1.82, 2.24) is 0 Å². The molecule has 2 aliphatic rings. The summed E-state index contributed by atoms with van der Waals surface area (Å²) in [5.74, 6) is 1.89. The molecule has 2 heterocycles. The topological polar surface area (TPSA) is 43.5 Å². The summed E-state index contributed by atoms with van der Waals surface area (Å²) < 4.78 is 23.2. The van der Waals surface area contributed by atoms with Crippen molar-refractivity contribution in [3.8, 4) is 11.5 Å². The molecule has 4 aromatic carbocycles. The van der Waals surface area contributed by atoms with Crippen LogP contribution in [0.2, 0.25) is 0 Å². The Labute approximate surface area is 231 Å². The van der Waals surface area contributed by atoms with E-state index in [2.05, 4.69) is 113 Å². The van der Waals surface area contributed by atoms with Crippen LogP contribution in [-0.4, -0.2) is 38.6 Å². The lowest BCUT2D eigenvalue weighted by molar-refractivity contribution is 0.260. The van der Waals surface area contributed by atoms with Crippen LogP contribution in [0.25, 0.3) is 0 Å². The summed E-state index contributed by atoms with van der Waals surface area (Å²) in [6, 6.07) is 30.9. The number of aryl methyl sites for hydroxylation is 4. The number of benzene rings is 4. The molecule has 0 spiro atoms. The molecule has 6 rings (SSSR count). The largest absolute Gasteiger partial charge is 0.490 e. The first-order valence-corrected chi connectivity index (χ1v) is 13.8. The predicted octanol–water partition coefficient (Wildman–Crippen LogP) is 6.86. The number of epoxide rings is 2. The summed E-state index contributed by atoms with van der Waals surface area (Å²) in [6.45, 7) is 11.3. The number of hydrogen-bond donors (Lipinski definition) is 0. The summed E-state index contributed by atoms with van der Waals surface area (Å²) in [5, 5.41) is 0. The van der Waals surface area contributed by atoms with Crippen LogP contribution in [-0.2, 0) is 14.9 Å². The van der Waals surface area contributed by atoms with E-state index in [1.165, 1.54) is 22.3 Å². The second kappa shape index (κ2) is 10.5. The highest BCUT2D eigenvalue weighted by atomic mass is 16.6. The van der Waals surface area contributed by atoms with Crippen molar-refractivity contribution in [3.05, 3.63) is 129 Å². The Morgan fingerprint density at radius 1 is 0.564 bits per heavy atom. The maximum absolute atomic E-state index is 6.23. The van der Waals surface area contributed by atoms with Crippen LogP contribution < -0.4 is 9.47 Å². The Bertz CT molecular complexity index is 1290. The van der Waals surface area contributed by atoms with Crippen molar-refractivity contribution >= 4 is 0 Å². The van der Waals surface area contributed by atoms with Gasteiger partial charge in [0.05, 0.1) is 18.6 Å². The molecule has 0 bridgehead atoms. The second-order valence-corrected chi connectivity index (χ2v) is 10.9. The molecule has 0 N–H and O–H groups in total. The zero-order chi connectivity index (χ0) is 27.0. The van der Waals surface area contributed by atoms with Crippen LogP contribution in [0, 0.1) is 27.7 Å². The molecule has 4 nitrogen and oxygen atoms in total. The van der Waals surface area contributed by atoms with Gasteiger partial charge in [0.15, 0.2) is 0 Å². The molecule has 0 radical (unpaired) electrons. The molecule has 2 fully saturated rings. The van der Waals surface area contributed by atoms with Gasteiger partial charge in [-0.05, 0) is 72.2 Å². The van der Waals surface area contributed by atoms with Crippen LogP contribution in [0.3, 0.4) is 0 Å². The first-order valence-electron chi connectivity index (χ1n) is 13.8. The van der Waals surface area contributed by atoms with Crippen LogP contribution in [0.5, 0.6) is 11.5 Å². The van der Waals surface area contributed by atoms with Gasteiger partial charge < -0.3 is 18.9 Å². The lowest BCUT2D eigenvalue weighted by atomic mass is 9.64. The molecule has 0 amide bonds. The fourth-order valence-corrected chi connectivity index (χ4v) is 5.85. The number of hydrogen-bond acceptors (Lipinski definition) is 4. The van der Waals surface area contributed by atoms with E-state index < -0.39 is 5.41 Å². The highest BCUT2D eigenvalue weighted by Gasteiger charge is 2.40. The van der Waals surface area contributed by atoms with Crippen molar-refractivity contribution in [2.75, 3.05) is 26.4 Å². The van der Waals surface area contributed by atoms with Gasteiger partial charge in [0, 0.05) is 0 Å². The molecule has 2 atom stereocenters. The van der Waals surface area contributed by atoms with Gasteiger partial charge in [0.2, 0.25) is 0 Å². The van der Waals surface area contributed by atoms with Gasteiger partial charge >= 0.3 is 0 Å². The van der Waals surface area contributed by atoms with E-state index in [4.69, 9.17) is 18.9 Å². The average molecular weight is 521 g/mol. The number of ether oxygens (including phenoxy) is 4. The van der Waals surface area contributed by atoms with Crippen molar-refractivity contribution in [2.45, 2.75) is 45.3 Å². The van der Waals surface area contributed by atoms with Crippen molar-refractivity contribution in [1.29, 1.82) is 0 Å². The summed E-state index contributed by atoms with van der Waals surface area (Å²) in [5.41, 5.74) is 8.82. The Morgan fingerprint density at radius 3 is 1.21 bits per heavy atom. The first kappa shape index (κ1) is 25.7.